The molecule has 0 saturated heterocycles. The van der Waals surface area contributed by atoms with E-state index in [-0.39, 0.29) is 5.56 Å². The Morgan fingerprint density at radius 2 is 1.76 bits per heavy atom. The molecule has 2 atom stereocenters. The topological polar surface area (TPSA) is 53.4 Å². The number of nitrogens with zero attached hydrogens (tertiary/aromatic N) is 2. The molecule has 1 aliphatic rings. The summed E-state index contributed by atoms with van der Waals surface area (Å²) in [6.45, 7) is 4.40. The van der Waals surface area contributed by atoms with Crippen LogP contribution in [-0.2, 0) is 6.42 Å². The molecular weight excluding hydrogens is 364 g/mol. The minimum atomic E-state index is -0.0636. The molecule has 0 unspecified atom stereocenters. The Morgan fingerprint density at radius 3 is 2.34 bits per heavy atom. The molecule has 29 heavy (non-hydrogen) atoms. The zero-order valence-corrected chi connectivity index (χ0v) is 17.6. The van der Waals surface area contributed by atoms with Gasteiger partial charge in [-0.15, -0.1) is 0 Å². The second-order valence-electron chi connectivity index (χ2n) is 7.92. The van der Waals surface area contributed by atoms with E-state index < -0.39 is 0 Å². The van der Waals surface area contributed by atoms with Gasteiger partial charge in [-0.2, -0.15) is 0 Å². The average molecular weight is 392 g/mol. The fourth-order valence-corrected chi connectivity index (χ4v) is 3.90. The van der Waals surface area contributed by atoms with E-state index in [4.69, 9.17) is 14.5 Å². The largest absolute Gasteiger partial charge is 0.493 e. The predicted molar refractivity (Wildman–Crippen MR) is 116 cm³/mol. The van der Waals surface area contributed by atoms with Gasteiger partial charge in [-0.25, -0.2) is 4.98 Å². The molecule has 1 heterocycles. The van der Waals surface area contributed by atoms with Crippen molar-refractivity contribution in [1.82, 2.24) is 9.55 Å². The molecule has 1 saturated carbocycles. The van der Waals surface area contributed by atoms with Crippen molar-refractivity contribution in [2.45, 2.75) is 45.4 Å². The third-order valence-electron chi connectivity index (χ3n) is 5.85. The van der Waals surface area contributed by atoms with Crippen molar-refractivity contribution in [1.29, 1.82) is 0 Å². The summed E-state index contributed by atoms with van der Waals surface area (Å²) in [4.78, 5) is 18.4. The Kier molecular flexibility index (Phi) is 5.31. The van der Waals surface area contributed by atoms with Crippen LogP contribution in [0.3, 0.4) is 0 Å². The predicted octanol–water partition coefficient (Wildman–Crippen LogP) is 4.87. The van der Waals surface area contributed by atoms with Crippen LogP contribution in [0, 0.1) is 5.92 Å². The fraction of sp³-hybridized carbons (Fsp3) is 0.417. The van der Waals surface area contributed by atoms with E-state index in [9.17, 15) is 4.79 Å². The van der Waals surface area contributed by atoms with Gasteiger partial charge in [-0.3, -0.25) is 9.36 Å². The third kappa shape index (κ3) is 3.61. The quantitative estimate of drug-likeness (QED) is 0.576. The van der Waals surface area contributed by atoms with Crippen molar-refractivity contribution >= 4 is 10.9 Å². The van der Waals surface area contributed by atoms with Crippen molar-refractivity contribution in [3.8, 4) is 17.2 Å². The van der Waals surface area contributed by atoms with Crippen molar-refractivity contribution in [2.24, 2.45) is 5.92 Å². The Bertz CT molecular complexity index is 1090. The number of rotatable bonds is 7. The zero-order valence-electron chi connectivity index (χ0n) is 17.6. The molecule has 0 radical (unpaired) electrons. The molecule has 0 bridgehead atoms. The molecule has 4 rings (SSSR count). The molecule has 1 aliphatic carbocycles. The van der Waals surface area contributed by atoms with Crippen molar-refractivity contribution < 1.29 is 9.47 Å². The first-order chi connectivity index (χ1) is 14.1. The number of hydrogen-bond acceptors (Lipinski definition) is 4. The lowest BCUT2D eigenvalue weighted by Gasteiger charge is -2.15. The summed E-state index contributed by atoms with van der Waals surface area (Å²) in [6.07, 6.45) is 4.46. The Morgan fingerprint density at radius 1 is 1.10 bits per heavy atom. The third-order valence-corrected chi connectivity index (χ3v) is 5.85. The molecule has 0 N–H and O–H groups in total. The van der Waals surface area contributed by atoms with E-state index in [0.717, 1.165) is 24.4 Å². The SMILES string of the molecule is CCCCc1ccc(-n2c([C@@H]3C[C@@H]3C)nc3cc(OC)c(OC)cc3c2=O)cc1. The second-order valence-corrected chi connectivity index (χ2v) is 7.92. The molecular formula is C24H28N2O3. The summed E-state index contributed by atoms with van der Waals surface area (Å²) in [5, 5.41) is 0.537. The number of hydrogen-bond donors (Lipinski definition) is 0. The molecule has 3 aromatic rings. The lowest BCUT2D eigenvalue weighted by Crippen LogP contribution is -2.24. The Labute approximate surface area is 171 Å². The number of ether oxygens (including phenoxy) is 2. The van der Waals surface area contributed by atoms with E-state index in [2.05, 4.69) is 26.0 Å². The van der Waals surface area contributed by atoms with Gasteiger partial charge in [-0.1, -0.05) is 32.4 Å². The van der Waals surface area contributed by atoms with Crippen LogP contribution in [0.5, 0.6) is 11.5 Å². The van der Waals surface area contributed by atoms with Gasteiger partial charge >= 0.3 is 0 Å². The van der Waals surface area contributed by atoms with E-state index in [1.165, 1.54) is 18.4 Å². The first kappa shape index (κ1) is 19.5. The first-order valence-electron chi connectivity index (χ1n) is 10.3. The molecule has 2 aromatic carbocycles. The number of aromatic nitrogens is 2. The molecule has 1 aromatic heterocycles. The molecule has 0 aliphatic heterocycles. The van der Waals surface area contributed by atoms with Crippen LogP contribution in [0.4, 0.5) is 0 Å². The Balaban J connectivity index is 1.89. The number of methoxy groups -OCH3 is 2. The highest BCUT2D eigenvalue weighted by Gasteiger charge is 2.38. The van der Waals surface area contributed by atoms with Gasteiger partial charge in [0, 0.05) is 12.0 Å². The van der Waals surface area contributed by atoms with Crippen LogP contribution in [0.2, 0.25) is 0 Å². The average Bonchev–Trinajstić information content (AvgIpc) is 3.48. The van der Waals surface area contributed by atoms with Gasteiger partial charge in [0.25, 0.3) is 5.56 Å². The lowest BCUT2D eigenvalue weighted by molar-refractivity contribution is 0.355. The standard InChI is InChI=1S/C24H28N2O3/c1-5-6-7-16-8-10-17(11-9-16)26-23(18-12-15(18)2)25-20-14-22(29-4)21(28-3)13-19(20)24(26)27/h8-11,13-15,18H,5-7,12H2,1-4H3/t15-,18+/m0/s1. The van der Waals surface area contributed by atoms with Crippen molar-refractivity contribution in [2.75, 3.05) is 14.2 Å². The van der Waals surface area contributed by atoms with Crippen LogP contribution < -0.4 is 15.0 Å². The van der Waals surface area contributed by atoms with Crippen LogP contribution in [0.1, 0.15) is 50.4 Å². The fourth-order valence-electron chi connectivity index (χ4n) is 3.90. The molecule has 1 fully saturated rings. The smallest absolute Gasteiger partial charge is 0.266 e. The summed E-state index contributed by atoms with van der Waals surface area (Å²) < 4.78 is 12.6. The Hall–Kier alpha value is -2.82. The lowest BCUT2D eigenvalue weighted by atomic mass is 10.1. The first-order valence-corrected chi connectivity index (χ1v) is 10.3. The number of unbranched alkanes of at least 4 members (excludes halogenated alkanes) is 1. The van der Waals surface area contributed by atoms with Crippen LogP contribution in [0.25, 0.3) is 16.6 Å². The molecule has 0 amide bonds. The maximum Gasteiger partial charge on any atom is 0.266 e. The molecule has 0 spiro atoms. The summed E-state index contributed by atoms with van der Waals surface area (Å²) in [7, 11) is 3.17. The van der Waals surface area contributed by atoms with Gasteiger partial charge < -0.3 is 9.47 Å². The van der Waals surface area contributed by atoms with Gasteiger partial charge in [0.1, 0.15) is 5.82 Å². The van der Waals surface area contributed by atoms with E-state index in [1.807, 2.05) is 12.1 Å². The number of benzene rings is 2. The summed E-state index contributed by atoms with van der Waals surface area (Å²) in [5.74, 6) is 2.80. The summed E-state index contributed by atoms with van der Waals surface area (Å²) in [5.41, 5.74) is 2.75. The van der Waals surface area contributed by atoms with Gasteiger partial charge in [0.2, 0.25) is 0 Å². The van der Waals surface area contributed by atoms with E-state index in [0.29, 0.717) is 34.2 Å². The van der Waals surface area contributed by atoms with Crippen LogP contribution in [-0.4, -0.2) is 23.8 Å². The molecule has 5 heteroatoms. The van der Waals surface area contributed by atoms with Crippen molar-refractivity contribution in [3.05, 3.63) is 58.1 Å². The molecule has 152 valence electrons. The number of fused-ring (bicyclic) bond motifs is 1. The number of aryl methyl sites for hydroxylation is 1. The van der Waals surface area contributed by atoms with Crippen molar-refractivity contribution in [3.63, 3.8) is 0 Å². The minimum absolute atomic E-state index is 0.0636. The van der Waals surface area contributed by atoms with E-state index in [1.54, 1.807) is 30.9 Å². The molecule has 5 nitrogen and oxygen atoms in total. The van der Waals surface area contributed by atoms with Gasteiger partial charge in [-0.05, 0) is 48.9 Å². The van der Waals surface area contributed by atoms with Gasteiger partial charge in [0.15, 0.2) is 11.5 Å². The van der Waals surface area contributed by atoms with Crippen LogP contribution >= 0.6 is 0 Å². The normalized spacial score (nSPS) is 18.1. The monoisotopic (exact) mass is 392 g/mol. The highest BCUT2D eigenvalue weighted by atomic mass is 16.5. The summed E-state index contributed by atoms with van der Waals surface area (Å²) in [6, 6.07) is 11.8. The van der Waals surface area contributed by atoms with Gasteiger partial charge in [0.05, 0.1) is 30.8 Å². The van der Waals surface area contributed by atoms with Crippen LogP contribution in [0.15, 0.2) is 41.2 Å². The maximum atomic E-state index is 13.5. The highest BCUT2D eigenvalue weighted by Crippen LogP contribution is 2.46. The van der Waals surface area contributed by atoms with E-state index >= 15 is 0 Å². The highest BCUT2D eigenvalue weighted by molar-refractivity contribution is 5.82. The maximum absolute atomic E-state index is 13.5. The second kappa shape index (κ2) is 7.90. The minimum Gasteiger partial charge on any atom is -0.493 e. The zero-order chi connectivity index (χ0) is 20.5. The summed E-state index contributed by atoms with van der Waals surface area (Å²) >= 11 is 0.